The van der Waals surface area contributed by atoms with Crippen LogP contribution in [0.1, 0.15) is 6.42 Å². The molecule has 0 aromatic rings. The van der Waals surface area contributed by atoms with Gasteiger partial charge in [-0.05, 0) is 33.6 Å². The van der Waals surface area contributed by atoms with E-state index in [1.807, 2.05) is 14.1 Å². The largest absolute Gasteiger partial charge is 0.394 e. The summed E-state index contributed by atoms with van der Waals surface area (Å²) < 4.78 is 0. The molecule has 14 heavy (non-hydrogen) atoms. The molecule has 4 N–H and O–H groups in total. The Balaban J connectivity index is 3.71. The van der Waals surface area contributed by atoms with E-state index in [0.717, 1.165) is 13.0 Å². The van der Waals surface area contributed by atoms with Gasteiger partial charge in [0.1, 0.15) is 0 Å². The molecule has 0 aromatic heterocycles. The highest BCUT2D eigenvalue weighted by Crippen LogP contribution is 2.01. The van der Waals surface area contributed by atoms with E-state index in [9.17, 15) is 0 Å². The predicted molar refractivity (Wildman–Crippen MR) is 55.2 cm³/mol. The van der Waals surface area contributed by atoms with Crippen molar-refractivity contribution in [1.29, 1.82) is 0 Å². The summed E-state index contributed by atoms with van der Waals surface area (Å²) in [5.41, 5.74) is -0.938. The first-order valence-electron chi connectivity index (χ1n) is 4.82. The lowest BCUT2D eigenvalue weighted by Crippen LogP contribution is -2.55. The van der Waals surface area contributed by atoms with Gasteiger partial charge >= 0.3 is 0 Å². The number of aliphatic hydroxyl groups excluding tert-OH is 3. The first-order valence-corrected chi connectivity index (χ1v) is 4.82. The van der Waals surface area contributed by atoms with E-state index in [-0.39, 0.29) is 19.8 Å². The smallest absolute Gasteiger partial charge is 0.0881 e. The van der Waals surface area contributed by atoms with Crippen molar-refractivity contribution in [2.45, 2.75) is 12.0 Å². The molecule has 0 rings (SSSR count). The molecule has 0 saturated carbocycles. The Labute approximate surface area is 85.4 Å². The minimum atomic E-state index is -0.938. The van der Waals surface area contributed by atoms with Gasteiger partial charge in [0.25, 0.3) is 0 Å². The topological polar surface area (TPSA) is 76.0 Å². The van der Waals surface area contributed by atoms with E-state index < -0.39 is 5.54 Å². The standard InChI is InChI=1S/C9H22N2O3/c1-11(2)5-3-4-10-9(6-12,7-13)8-14/h10,12-14H,3-8H2,1-2H3. The fraction of sp³-hybridized carbons (Fsp3) is 1.00. The van der Waals surface area contributed by atoms with E-state index in [1.165, 1.54) is 0 Å². The molecule has 5 heteroatoms. The van der Waals surface area contributed by atoms with Gasteiger partial charge in [-0.15, -0.1) is 0 Å². The van der Waals surface area contributed by atoms with Gasteiger partial charge in [-0.3, -0.25) is 0 Å². The quantitative estimate of drug-likeness (QED) is 0.354. The fourth-order valence-electron chi connectivity index (χ4n) is 1.07. The number of rotatable bonds is 8. The molecule has 0 spiro atoms. The number of aliphatic hydroxyl groups is 3. The molecule has 0 fully saturated rings. The van der Waals surface area contributed by atoms with Crippen LogP contribution in [-0.2, 0) is 0 Å². The van der Waals surface area contributed by atoms with E-state index >= 15 is 0 Å². The maximum Gasteiger partial charge on any atom is 0.0881 e. The number of nitrogens with one attached hydrogen (secondary N) is 1. The molecular weight excluding hydrogens is 184 g/mol. The molecule has 0 aliphatic carbocycles. The fourth-order valence-corrected chi connectivity index (χ4v) is 1.07. The third-order valence-corrected chi connectivity index (χ3v) is 2.19. The SMILES string of the molecule is CN(C)CCCNC(CO)(CO)CO. The summed E-state index contributed by atoms with van der Waals surface area (Å²) in [6.07, 6.45) is 0.911. The number of hydrogen-bond acceptors (Lipinski definition) is 5. The Hall–Kier alpha value is -0.200. The summed E-state index contributed by atoms with van der Waals surface area (Å²) in [6.45, 7) is 0.817. The van der Waals surface area contributed by atoms with Crippen LogP contribution < -0.4 is 5.32 Å². The zero-order valence-corrected chi connectivity index (χ0v) is 9.03. The van der Waals surface area contributed by atoms with Gasteiger partial charge < -0.3 is 25.5 Å². The van der Waals surface area contributed by atoms with Gasteiger partial charge in [0.05, 0.1) is 25.4 Å². The molecule has 0 amide bonds. The molecule has 0 bridgehead atoms. The summed E-state index contributed by atoms with van der Waals surface area (Å²) in [4.78, 5) is 2.06. The van der Waals surface area contributed by atoms with Gasteiger partial charge in [0.2, 0.25) is 0 Å². The van der Waals surface area contributed by atoms with Crippen LogP contribution in [0.5, 0.6) is 0 Å². The van der Waals surface area contributed by atoms with Gasteiger partial charge in [-0.2, -0.15) is 0 Å². The molecule has 0 aliphatic heterocycles. The summed E-state index contributed by atoms with van der Waals surface area (Å²) in [7, 11) is 3.97. The van der Waals surface area contributed by atoms with Crippen molar-refractivity contribution in [2.75, 3.05) is 47.0 Å². The second-order valence-corrected chi connectivity index (χ2v) is 3.84. The lowest BCUT2D eigenvalue weighted by Gasteiger charge is -2.29. The Morgan fingerprint density at radius 1 is 1.07 bits per heavy atom. The van der Waals surface area contributed by atoms with Crippen molar-refractivity contribution in [3.05, 3.63) is 0 Å². The van der Waals surface area contributed by atoms with Crippen LogP contribution in [0.4, 0.5) is 0 Å². The molecule has 0 aromatic carbocycles. The van der Waals surface area contributed by atoms with Crippen molar-refractivity contribution < 1.29 is 15.3 Å². The summed E-state index contributed by atoms with van der Waals surface area (Å²) in [5.74, 6) is 0. The predicted octanol–water partition coefficient (Wildman–Crippen LogP) is -1.76. The molecule has 0 atom stereocenters. The maximum atomic E-state index is 8.99. The second-order valence-electron chi connectivity index (χ2n) is 3.84. The minimum absolute atomic E-state index is 0.262. The van der Waals surface area contributed by atoms with E-state index in [4.69, 9.17) is 15.3 Å². The van der Waals surface area contributed by atoms with Crippen LogP contribution in [-0.4, -0.2) is 72.8 Å². The van der Waals surface area contributed by atoms with Gasteiger partial charge in [0, 0.05) is 0 Å². The molecular formula is C9H22N2O3. The lowest BCUT2D eigenvalue weighted by molar-refractivity contribution is 0.0423. The van der Waals surface area contributed by atoms with E-state index in [0.29, 0.717) is 6.54 Å². The third-order valence-electron chi connectivity index (χ3n) is 2.19. The highest BCUT2D eigenvalue weighted by Gasteiger charge is 2.26. The number of hydrogen-bond donors (Lipinski definition) is 4. The van der Waals surface area contributed by atoms with Crippen molar-refractivity contribution in [1.82, 2.24) is 10.2 Å². The molecule has 5 nitrogen and oxygen atoms in total. The van der Waals surface area contributed by atoms with Crippen LogP contribution in [0.3, 0.4) is 0 Å². The molecule has 0 saturated heterocycles. The average Bonchev–Trinajstić information content (AvgIpc) is 2.19. The third kappa shape index (κ3) is 4.88. The average molecular weight is 206 g/mol. The Morgan fingerprint density at radius 3 is 1.93 bits per heavy atom. The monoisotopic (exact) mass is 206 g/mol. The zero-order chi connectivity index (χ0) is 11.0. The highest BCUT2D eigenvalue weighted by molar-refractivity contribution is 4.85. The molecule has 0 heterocycles. The maximum absolute atomic E-state index is 8.99. The molecule has 0 unspecified atom stereocenters. The van der Waals surface area contributed by atoms with Crippen molar-refractivity contribution in [3.8, 4) is 0 Å². The van der Waals surface area contributed by atoms with Crippen molar-refractivity contribution >= 4 is 0 Å². The van der Waals surface area contributed by atoms with Crippen LogP contribution in [0.2, 0.25) is 0 Å². The van der Waals surface area contributed by atoms with Crippen LogP contribution >= 0.6 is 0 Å². The second kappa shape index (κ2) is 7.14. The Morgan fingerprint density at radius 2 is 1.57 bits per heavy atom. The lowest BCUT2D eigenvalue weighted by atomic mass is 10.0. The van der Waals surface area contributed by atoms with Crippen LogP contribution in [0.25, 0.3) is 0 Å². The Bertz CT molecular complexity index is 130. The minimum Gasteiger partial charge on any atom is -0.394 e. The number of nitrogens with zero attached hydrogens (tertiary/aromatic N) is 1. The van der Waals surface area contributed by atoms with Crippen molar-refractivity contribution in [2.24, 2.45) is 0 Å². The highest BCUT2D eigenvalue weighted by atomic mass is 16.3. The van der Waals surface area contributed by atoms with Gasteiger partial charge in [0.15, 0.2) is 0 Å². The summed E-state index contributed by atoms with van der Waals surface area (Å²) in [6, 6.07) is 0. The summed E-state index contributed by atoms with van der Waals surface area (Å²) in [5, 5.41) is 29.9. The van der Waals surface area contributed by atoms with Crippen LogP contribution in [0, 0.1) is 0 Å². The molecule has 0 aliphatic rings. The van der Waals surface area contributed by atoms with Gasteiger partial charge in [-0.25, -0.2) is 0 Å². The van der Waals surface area contributed by atoms with Gasteiger partial charge in [-0.1, -0.05) is 0 Å². The zero-order valence-electron chi connectivity index (χ0n) is 9.03. The first-order chi connectivity index (χ1) is 6.60. The van der Waals surface area contributed by atoms with Crippen molar-refractivity contribution in [3.63, 3.8) is 0 Å². The van der Waals surface area contributed by atoms with E-state index in [1.54, 1.807) is 0 Å². The normalized spacial score (nSPS) is 12.4. The molecule has 86 valence electrons. The van der Waals surface area contributed by atoms with Crippen LogP contribution in [0.15, 0.2) is 0 Å². The van der Waals surface area contributed by atoms with E-state index in [2.05, 4.69) is 10.2 Å². The molecule has 0 radical (unpaired) electrons. The first kappa shape index (κ1) is 13.8. The Kier molecular flexibility index (Phi) is 7.04. The summed E-state index contributed by atoms with van der Waals surface area (Å²) >= 11 is 0.